The van der Waals surface area contributed by atoms with Gasteiger partial charge in [0.25, 0.3) is 0 Å². The first-order valence-corrected chi connectivity index (χ1v) is 10.3. The van der Waals surface area contributed by atoms with Crippen LogP contribution in [0.2, 0.25) is 0 Å². The van der Waals surface area contributed by atoms with E-state index in [0.29, 0.717) is 17.4 Å². The van der Waals surface area contributed by atoms with Gasteiger partial charge in [0.1, 0.15) is 0 Å². The van der Waals surface area contributed by atoms with Gasteiger partial charge in [-0.3, -0.25) is 9.98 Å². The summed E-state index contributed by atoms with van der Waals surface area (Å²) in [6.45, 7) is 5.19. The van der Waals surface area contributed by atoms with E-state index >= 15 is 0 Å². The summed E-state index contributed by atoms with van der Waals surface area (Å²) in [6.07, 6.45) is 5.78. The van der Waals surface area contributed by atoms with Gasteiger partial charge >= 0.3 is 0 Å². The zero-order valence-electron chi connectivity index (χ0n) is 15.7. The summed E-state index contributed by atoms with van der Waals surface area (Å²) in [5.74, 6) is 0.710. The summed E-state index contributed by atoms with van der Waals surface area (Å²) in [4.78, 5) is 8.70. The number of guanidine groups is 1. The highest BCUT2D eigenvalue weighted by Gasteiger charge is 2.11. The van der Waals surface area contributed by atoms with E-state index in [1.54, 1.807) is 19.3 Å². The molecule has 1 aromatic heterocycles. The molecule has 2 aromatic rings. The zero-order chi connectivity index (χ0) is 19.2. The van der Waals surface area contributed by atoms with Gasteiger partial charge in [-0.05, 0) is 54.7 Å². The maximum absolute atomic E-state index is 11.7. The molecule has 1 heterocycles. The molecule has 0 amide bonds. The normalized spacial score (nSPS) is 12.1. The van der Waals surface area contributed by atoms with Gasteiger partial charge in [0, 0.05) is 38.8 Å². The molecule has 140 valence electrons. The van der Waals surface area contributed by atoms with Crippen molar-refractivity contribution in [2.45, 2.75) is 31.7 Å². The molecule has 0 atom stereocenters. The molecule has 0 aliphatic heterocycles. The number of aliphatic imine (C=N–C) groups is 1. The van der Waals surface area contributed by atoms with Crippen molar-refractivity contribution in [1.29, 1.82) is 0 Å². The van der Waals surface area contributed by atoms with Crippen LogP contribution in [-0.4, -0.2) is 39.2 Å². The second-order valence-electron chi connectivity index (χ2n) is 6.28. The Bertz CT molecular complexity index is 892. The fourth-order valence-electron chi connectivity index (χ4n) is 2.74. The van der Waals surface area contributed by atoms with Gasteiger partial charge in [-0.1, -0.05) is 12.1 Å². The Balaban J connectivity index is 1.89. The van der Waals surface area contributed by atoms with Gasteiger partial charge in [0.05, 0.1) is 4.90 Å². The monoisotopic (exact) mass is 374 g/mol. The molecule has 0 saturated carbocycles. The summed E-state index contributed by atoms with van der Waals surface area (Å²) < 4.78 is 23.4. The summed E-state index contributed by atoms with van der Waals surface area (Å²) in [5, 5.41) is 6.54. The number of rotatable bonds is 6. The number of sulfone groups is 1. The third kappa shape index (κ3) is 5.56. The number of hydrogen-bond donors (Lipinski definition) is 2. The van der Waals surface area contributed by atoms with Crippen molar-refractivity contribution in [2.24, 2.45) is 4.99 Å². The Hall–Kier alpha value is -2.41. The van der Waals surface area contributed by atoms with Gasteiger partial charge in [0.15, 0.2) is 15.8 Å². The number of hydrogen-bond acceptors (Lipinski definition) is 4. The molecule has 6 nitrogen and oxygen atoms in total. The highest BCUT2D eigenvalue weighted by Crippen LogP contribution is 2.16. The highest BCUT2D eigenvalue weighted by molar-refractivity contribution is 7.90. The molecule has 1 aromatic carbocycles. The van der Waals surface area contributed by atoms with Crippen LogP contribution in [0.4, 0.5) is 0 Å². The molecule has 2 N–H and O–H groups in total. The lowest BCUT2D eigenvalue weighted by Gasteiger charge is -2.13. The van der Waals surface area contributed by atoms with Crippen LogP contribution in [-0.2, 0) is 22.8 Å². The standard InChI is InChI=1S/C19H26N4O2S/c1-14-11-16(5-6-18(14)26(4,24)25)13-23-19(20-3)22-10-8-17-7-9-21-12-15(17)2/h5-7,9,11-12H,8,10,13H2,1-4H3,(H2,20,22,23). The number of benzene rings is 1. The molecule has 0 radical (unpaired) electrons. The maximum Gasteiger partial charge on any atom is 0.191 e. The summed E-state index contributed by atoms with van der Waals surface area (Å²) in [6, 6.07) is 7.39. The minimum Gasteiger partial charge on any atom is -0.356 e. The number of aryl methyl sites for hydroxylation is 2. The van der Waals surface area contributed by atoms with Crippen LogP contribution >= 0.6 is 0 Å². The van der Waals surface area contributed by atoms with E-state index in [4.69, 9.17) is 0 Å². The van der Waals surface area contributed by atoms with Crippen molar-refractivity contribution < 1.29 is 8.42 Å². The summed E-state index contributed by atoms with van der Waals surface area (Å²) >= 11 is 0. The van der Waals surface area contributed by atoms with E-state index in [-0.39, 0.29) is 0 Å². The Morgan fingerprint density at radius 1 is 1.15 bits per heavy atom. The minimum atomic E-state index is -3.19. The molecule has 0 aliphatic rings. The van der Waals surface area contributed by atoms with Gasteiger partial charge in [-0.2, -0.15) is 0 Å². The van der Waals surface area contributed by atoms with Crippen molar-refractivity contribution >= 4 is 15.8 Å². The van der Waals surface area contributed by atoms with E-state index in [1.165, 1.54) is 17.4 Å². The van der Waals surface area contributed by atoms with Crippen molar-refractivity contribution in [3.63, 3.8) is 0 Å². The average molecular weight is 375 g/mol. The quantitative estimate of drug-likeness (QED) is 0.597. The Morgan fingerprint density at radius 2 is 1.92 bits per heavy atom. The second-order valence-corrected chi connectivity index (χ2v) is 8.26. The SMILES string of the molecule is CN=C(NCCc1ccncc1C)NCc1ccc(S(C)(=O)=O)c(C)c1. The van der Waals surface area contributed by atoms with E-state index in [0.717, 1.165) is 24.1 Å². The van der Waals surface area contributed by atoms with Crippen LogP contribution in [0.15, 0.2) is 46.5 Å². The van der Waals surface area contributed by atoms with Crippen LogP contribution in [0.1, 0.15) is 22.3 Å². The topological polar surface area (TPSA) is 83.4 Å². The van der Waals surface area contributed by atoms with E-state index in [9.17, 15) is 8.42 Å². The molecule has 26 heavy (non-hydrogen) atoms. The first kappa shape index (κ1) is 19.9. The van der Waals surface area contributed by atoms with Crippen LogP contribution in [0.5, 0.6) is 0 Å². The maximum atomic E-state index is 11.7. The largest absolute Gasteiger partial charge is 0.356 e. The molecule has 0 bridgehead atoms. The Labute approximate surface area is 155 Å². The van der Waals surface area contributed by atoms with Crippen LogP contribution in [0.25, 0.3) is 0 Å². The number of aromatic nitrogens is 1. The van der Waals surface area contributed by atoms with Crippen LogP contribution < -0.4 is 10.6 Å². The molecule has 7 heteroatoms. The lowest BCUT2D eigenvalue weighted by atomic mass is 10.1. The van der Waals surface area contributed by atoms with Crippen LogP contribution in [0, 0.1) is 13.8 Å². The number of nitrogens with zero attached hydrogens (tertiary/aromatic N) is 2. The first-order valence-electron chi connectivity index (χ1n) is 8.45. The summed E-state index contributed by atoms with van der Waals surface area (Å²) in [7, 11) is -1.46. The van der Waals surface area contributed by atoms with Crippen molar-refractivity contribution in [3.05, 3.63) is 58.9 Å². The third-order valence-electron chi connectivity index (χ3n) is 4.15. The Kier molecular flexibility index (Phi) is 6.74. The van der Waals surface area contributed by atoms with E-state index < -0.39 is 9.84 Å². The fourth-order valence-corrected chi connectivity index (χ4v) is 3.70. The molecule has 2 rings (SSSR count). The fraction of sp³-hybridized carbons (Fsp3) is 0.368. The van der Waals surface area contributed by atoms with Gasteiger partial charge < -0.3 is 10.6 Å². The molecule has 0 fully saturated rings. The predicted molar refractivity (Wildman–Crippen MR) is 105 cm³/mol. The van der Waals surface area contributed by atoms with Crippen molar-refractivity contribution in [2.75, 3.05) is 19.8 Å². The van der Waals surface area contributed by atoms with Gasteiger partial charge in [-0.25, -0.2) is 8.42 Å². The third-order valence-corrected chi connectivity index (χ3v) is 5.40. The predicted octanol–water partition coefficient (Wildman–Crippen LogP) is 2.01. The molecule has 0 aliphatic carbocycles. The molecular formula is C19H26N4O2S. The summed E-state index contributed by atoms with van der Waals surface area (Å²) in [5.41, 5.74) is 4.19. The lowest BCUT2D eigenvalue weighted by Crippen LogP contribution is -2.37. The molecular weight excluding hydrogens is 348 g/mol. The van der Waals surface area contributed by atoms with Crippen molar-refractivity contribution in [3.8, 4) is 0 Å². The number of pyridine rings is 1. The highest BCUT2D eigenvalue weighted by atomic mass is 32.2. The minimum absolute atomic E-state index is 0.372. The average Bonchev–Trinajstić information content (AvgIpc) is 2.58. The van der Waals surface area contributed by atoms with Gasteiger partial charge in [-0.15, -0.1) is 0 Å². The number of nitrogens with one attached hydrogen (secondary N) is 2. The molecule has 0 unspecified atom stereocenters. The van der Waals surface area contributed by atoms with E-state index in [2.05, 4.69) is 27.5 Å². The lowest BCUT2D eigenvalue weighted by molar-refractivity contribution is 0.601. The van der Waals surface area contributed by atoms with E-state index in [1.807, 2.05) is 31.3 Å². The Morgan fingerprint density at radius 3 is 2.54 bits per heavy atom. The van der Waals surface area contributed by atoms with Crippen molar-refractivity contribution in [1.82, 2.24) is 15.6 Å². The zero-order valence-corrected chi connectivity index (χ0v) is 16.5. The van der Waals surface area contributed by atoms with Gasteiger partial charge in [0.2, 0.25) is 0 Å². The first-order chi connectivity index (χ1) is 12.3. The molecule has 0 spiro atoms. The molecule has 0 saturated heterocycles. The van der Waals surface area contributed by atoms with Crippen LogP contribution in [0.3, 0.4) is 0 Å². The smallest absolute Gasteiger partial charge is 0.191 e. The second kappa shape index (κ2) is 8.80.